The Morgan fingerprint density at radius 3 is 2.66 bits per heavy atom. The van der Waals surface area contributed by atoms with Crippen LogP contribution in [0.1, 0.15) is 42.0 Å². The molecule has 2 heterocycles. The molecule has 2 N–H and O–H groups in total. The van der Waals surface area contributed by atoms with Crippen molar-refractivity contribution >= 4 is 12.0 Å². The first kappa shape index (κ1) is 18.8. The van der Waals surface area contributed by atoms with Crippen molar-refractivity contribution in [2.45, 2.75) is 37.5 Å². The van der Waals surface area contributed by atoms with Crippen molar-refractivity contribution in [3.63, 3.8) is 0 Å². The van der Waals surface area contributed by atoms with E-state index in [0.29, 0.717) is 37.1 Å². The zero-order valence-electron chi connectivity index (χ0n) is 15.8. The van der Waals surface area contributed by atoms with E-state index in [0.717, 1.165) is 11.1 Å². The molecule has 2 aromatic carbocycles. The summed E-state index contributed by atoms with van der Waals surface area (Å²) in [6, 6.07) is 16.3. The summed E-state index contributed by atoms with van der Waals surface area (Å²) in [7, 11) is 0. The summed E-state index contributed by atoms with van der Waals surface area (Å²) >= 11 is 0. The van der Waals surface area contributed by atoms with Crippen molar-refractivity contribution < 1.29 is 19.4 Å². The smallest absolute Gasteiger partial charge is 0.408 e. The molecule has 2 amide bonds. The maximum atomic E-state index is 12.4. The number of nitrogens with one attached hydrogen (secondary N) is 1. The normalized spacial score (nSPS) is 23.1. The Balaban J connectivity index is 1.50. The molecule has 0 bridgehead atoms. The van der Waals surface area contributed by atoms with E-state index in [-0.39, 0.29) is 18.6 Å². The molecule has 29 heavy (non-hydrogen) atoms. The quantitative estimate of drug-likeness (QED) is 0.833. The van der Waals surface area contributed by atoms with Gasteiger partial charge in [-0.2, -0.15) is 5.26 Å². The van der Waals surface area contributed by atoms with E-state index in [1.807, 2.05) is 30.3 Å². The molecule has 0 unspecified atom stereocenters. The number of rotatable bonds is 4. The highest BCUT2D eigenvalue weighted by atomic mass is 16.5. The van der Waals surface area contributed by atoms with Crippen molar-refractivity contribution in [2.24, 2.45) is 0 Å². The minimum absolute atomic E-state index is 0.196. The van der Waals surface area contributed by atoms with Gasteiger partial charge in [0.15, 0.2) is 0 Å². The summed E-state index contributed by atoms with van der Waals surface area (Å²) in [5.74, 6) is 0.438. The van der Waals surface area contributed by atoms with Crippen LogP contribution in [0.5, 0.6) is 5.75 Å². The van der Waals surface area contributed by atoms with E-state index >= 15 is 0 Å². The lowest BCUT2D eigenvalue weighted by Gasteiger charge is -2.34. The molecular formula is C22H21N3O4. The topological polar surface area (TPSA) is 103 Å². The Morgan fingerprint density at radius 2 is 2.00 bits per heavy atom. The molecule has 0 aromatic heterocycles. The second kappa shape index (κ2) is 7.47. The van der Waals surface area contributed by atoms with Crippen LogP contribution in [0, 0.1) is 11.3 Å². The van der Waals surface area contributed by atoms with Crippen LogP contribution in [0.3, 0.4) is 0 Å². The molecule has 2 saturated heterocycles. The van der Waals surface area contributed by atoms with Gasteiger partial charge >= 0.3 is 6.09 Å². The van der Waals surface area contributed by atoms with Gasteiger partial charge in [0, 0.05) is 12.1 Å². The van der Waals surface area contributed by atoms with Crippen LogP contribution in [0.2, 0.25) is 0 Å². The highest BCUT2D eigenvalue weighted by Gasteiger charge is 2.56. The van der Waals surface area contributed by atoms with Crippen LogP contribution in [0.25, 0.3) is 0 Å². The fraction of sp³-hybridized carbons (Fsp3) is 0.318. The summed E-state index contributed by atoms with van der Waals surface area (Å²) in [5.41, 5.74) is 1.27. The summed E-state index contributed by atoms with van der Waals surface area (Å²) in [5, 5.41) is 21.7. The van der Waals surface area contributed by atoms with Crippen LogP contribution >= 0.6 is 0 Å². The summed E-state index contributed by atoms with van der Waals surface area (Å²) in [6.07, 6.45) is 0.570. The summed E-state index contributed by atoms with van der Waals surface area (Å²) < 4.78 is 5.79. The zero-order valence-corrected chi connectivity index (χ0v) is 15.8. The fourth-order valence-corrected chi connectivity index (χ4v) is 4.39. The van der Waals surface area contributed by atoms with Crippen molar-refractivity contribution in [1.29, 1.82) is 5.26 Å². The van der Waals surface area contributed by atoms with Crippen molar-refractivity contribution in [3.8, 4) is 11.8 Å². The molecule has 7 nitrogen and oxygen atoms in total. The number of likely N-dealkylation sites (tertiary alicyclic amines) is 1. The monoisotopic (exact) mass is 391 g/mol. The number of carbonyl (C=O) groups is 2. The standard InChI is InChI=1S/C22H21N3O4/c23-13-16-3-1-2-4-17(16)14-29-18-7-5-15(6-8-18)19-9-10-22(25(19)21(27)28)11-12-24-20(22)26/h1-8,19H,9-12,14H2,(H,24,26)(H,27,28)/t19-,22-/m1/s1. The number of ether oxygens (including phenoxy) is 1. The van der Waals surface area contributed by atoms with Crippen LogP contribution in [-0.2, 0) is 11.4 Å². The number of carbonyl (C=O) groups excluding carboxylic acids is 1. The van der Waals surface area contributed by atoms with Crippen LogP contribution in [0.15, 0.2) is 48.5 Å². The minimum Gasteiger partial charge on any atom is -0.489 e. The Labute approximate surface area is 168 Å². The molecule has 1 spiro atoms. The first-order chi connectivity index (χ1) is 14.0. The van der Waals surface area contributed by atoms with Crippen LogP contribution in [-0.4, -0.2) is 34.1 Å². The van der Waals surface area contributed by atoms with E-state index in [4.69, 9.17) is 10.00 Å². The predicted octanol–water partition coefficient (Wildman–Crippen LogP) is 3.21. The number of nitriles is 1. The van der Waals surface area contributed by atoms with Gasteiger partial charge in [0.05, 0.1) is 17.7 Å². The Bertz CT molecular complexity index is 982. The van der Waals surface area contributed by atoms with E-state index in [2.05, 4.69) is 11.4 Å². The highest BCUT2D eigenvalue weighted by molar-refractivity contribution is 5.92. The molecule has 2 aromatic rings. The lowest BCUT2D eigenvalue weighted by Crippen LogP contribution is -2.52. The SMILES string of the molecule is N#Cc1ccccc1COc1ccc([C@H]2CC[C@]3(CCNC3=O)N2C(=O)O)cc1. The second-order valence-electron chi connectivity index (χ2n) is 7.37. The first-order valence-corrected chi connectivity index (χ1v) is 9.56. The van der Waals surface area contributed by atoms with E-state index in [1.54, 1.807) is 18.2 Å². The number of carboxylic acid groups (broad SMARTS) is 1. The second-order valence-corrected chi connectivity index (χ2v) is 7.37. The highest BCUT2D eigenvalue weighted by Crippen LogP contribution is 2.46. The first-order valence-electron chi connectivity index (χ1n) is 9.56. The number of hydrogen-bond donors (Lipinski definition) is 2. The summed E-state index contributed by atoms with van der Waals surface area (Å²) in [4.78, 5) is 25.7. The van der Waals surface area contributed by atoms with Gasteiger partial charge in [-0.25, -0.2) is 4.79 Å². The van der Waals surface area contributed by atoms with Gasteiger partial charge in [-0.05, 0) is 43.0 Å². The fourth-order valence-electron chi connectivity index (χ4n) is 4.39. The molecule has 7 heteroatoms. The van der Waals surface area contributed by atoms with E-state index in [9.17, 15) is 14.7 Å². The van der Waals surface area contributed by atoms with Gasteiger partial charge in [0.2, 0.25) is 5.91 Å². The lowest BCUT2D eigenvalue weighted by atomic mass is 9.95. The molecule has 4 rings (SSSR count). The molecule has 0 saturated carbocycles. The van der Waals surface area contributed by atoms with Crippen LogP contribution in [0.4, 0.5) is 4.79 Å². The lowest BCUT2D eigenvalue weighted by molar-refractivity contribution is -0.128. The van der Waals surface area contributed by atoms with Gasteiger partial charge in [0.1, 0.15) is 17.9 Å². The van der Waals surface area contributed by atoms with Crippen molar-refractivity contribution in [2.75, 3.05) is 6.54 Å². The third-order valence-electron chi connectivity index (χ3n) is 5.85. The van der Waals surface area contributed by atoms with Gasteiger partial charge in [-0.15, -0.1) is 0 Å². The van der Waals surface area contributed by atoms with E-state index in [1.165, 1.54) is 4.90 Å². The molecular weight excluding hydrogens is 370 g/mol. The van der Waals surface area contributed by atoms with E-state index < -0.39 is 11.6 Å². The van der Waals surface area contributed by atoms with Crippen molar-refractivity contribution in [1.82, 2.24) is 10.2 Å². The number of amides is 2. The predicted molar refractivity (Wildman–Crippen MR) is 104 cm³/mol. The molecule has 0 aliphatic carbocycles. The molecule has 148 valence electrons. The zero-order chi connectivity index (χ0) is 20.4. The van der Waals surface area contributed by atoms with Gasteiger partial charge in [-0.1, -0.05) is 30.3 Å². The molecule has 2 aliphatic heterocycles. The minimum atomic E-state index is -1.07. The average molecular weight is 391 g/mol. The Kier molecular flexibility index (Phi) is 4.85. The van der Waals surface area contributed by atoms with Crippen molar-refractivity contribution in [3.05, 3.63) is 65.2 Å². The number of benzene rings is 2. The average Bonchev–Trinajstić information content (AvgIpc) is 3.31. The Hall–Kier alpha value is -3.53. The maximum absolute atomic E-state index is 12.4. The number of hydrogen-bond acceptors (Lipinski definition) is 4. The molecule has 2 aliphatic rings. The number of nitrogens with zero attached hydrogens (tertiary/aromatic N) is 2. The molecule has 2 fully saturated rings. The largest absolute Gasteiger partial charge is 0.489 e. The van der Waals surface area contributed by atoms with Gasteiger partial charge in [0.25, 0.3) is 0 Å². The third-order valence-corrected chi connectivity index (χ3v) is 5.85. The summed E-state index contributed by atoms with van der Waals surface area (Å²) in [6.45, 7) is 0.781. The van der Waals surface area contributed by atoms with Gasteiger partial charge in [-0.3, -0.25) is 9.69 Å². The molecule has 2 atom stereocenters. The van der Waals surface area contributed by atoms with Crippen LogP contribution < -0.4 is 10.1 Å². The third kappa shape index (κ3) is 3.27. The van der Waals surface area contributed by atoms with Gasteiger partial charge < -0.3 is 15.2 Å². The Morgan fingerprint density at radius 1 is 1.24 bits per heavy atom. The maximum Gasteiger partial charge on any atom is 0.408 e. The molecule has 0 radical (unpaired) electrons.